The standard InChI is InChI=1S/C23H22N4O2S/c1-17(22(28)26(2)16-18-10-5-3-6-11-18)30-23-25-24-21(20-14-9-15-29-20)27(23)19-12-7-4-8-13-19/h3-15,17H,16H2,1-2H3. The smallest absolute Gasteiger partial charge is 0.235 e. The summed E-state index contributed by atoms with van der Waals surface area (Å²) in [5.74, 6) is 1.26. The van der Waals surface area contributed by atoms with Crippen LogP contribution in [0.25, 0.3) is 17.3 Å². The molecule has 0 bridgehead atoms. The number of hydrogen-bond acceptors (Lipinski definition) is 5. The van der Waals surface area contributed by atoms with E-state index in [9.17, 15) is 4.79 Å². The zero-order chi connectivity index (χ0) is 20.9. The van der Waals surface area contributed by atoms with Crippen LogP contribution in [-0.2, 0) is 11.3 Å². The van der Waals surface area contributed by atoms with Crippen LogP contribution in [-0.4, -0.2) is 37.9 Å². The lowest BCUT2D eigenvalue weighted by Crippen LogP contribution is -2.32. The molecule has 30 heavy (non-hydrogen) atoms. The molecule has 0 N–H and O–H groups in total. The van der Waals surface area contributed by atoms with E-state index in [-0.39, 0.29) is 11.2 Å². The van der Waals surface area contributed by atoms with E-state index in [4.69, 9.17) is 4.42 Å². The number of rotatable bonds is 7. The van der Waals surface area contributed by atoms with Gasteiger partial charge in [-0.3, -0.25) is 9.36 Å². The number of carbonyl (C=O) groups excluding carboxylic acids is 1. The van der Waals surface area contributed by atoms with Gasteiger partial charge < -0.3 is 9.32 Å². The maximum absolute atomic E-state index is 13.0. The van der Waals surface area contributed by atoms with E-state index in [0.29, 0.717) is 23.3 Å². The lowest BCUT2D eigenvalue weighted by molar-refractivity contribution is -0.129. The van der Waals surface area contributed by atoms with Gasteiger partial charge in [0.15, 0.2) is 10.9 Å². The van der Waals surface area contributed by atoms with E-state index in [1.54, 1.807) is 11.2 Å². The average molecular weight is 419 g/mol. The SMILES string of the molecule is CC(Sc1nnc(-c2ccco2)n1-c1ccccc1)C(=O)N(C)Cc1ccccc1. The van der Waals surface area contributed by atoms with Gasteiger partial charge in [-0.2, -0.15) is 0 Å². The fraction of sp³-hybridized carbons (Fsp3) is 0.174. The molecular formula is C23H22N4O2S. The van der Waals surface area contributed by atoms with Crippen LogP contribution in [0, 0.1) is 0 Å². The fourth-order valence-corrected chi connectivity index (χ4v) is 4.16. The van der Waals surface area contributed by atoms with Crippen LogP contribution < -0.4 is 0 Å². The second-order valence-electron chi connectivity index (χ2n) is 6.89. The summed E-state index contributed by atoms with van der Waals surface area (Å²) < 4.78 is 7.47. The molecule has 0 saturated carbocycles. The Balaban J connectivity index is 1.57. The number of carbonyl (C=O) groups is 1. The molecule has 2 aromatic heterocycles. The van der Waals surface area contributed by atoms with E-state index < -0.39 is 0 Å². The number of nitrogens with zero attached hydrogens (tertiary/aromatic N) is 4. The molecule has 0 aliphatic carbocycles. The van der Waals surface area contributed by atoms with E-state index >= 15 is 0 Å². The Labute approximate surface area is 179 Å². The summed E-state index contributed by atoms with van der Waals surface area (Å²) >= 11 is 1.39. The van der Waals surface area contributed by atoms with Gasteiger partial charge >= 0.3 is 0 Å². The van der Waals surface area contributed by atoms with Crippen LogP contribution in [0.2, 0.25) is 0 Å². The number of furan rings is 1. The number of amides is 1. The summed E-state index contributed by atoms with van der Waals surface area (Å²) in [7, 11) is 1.82. The lowest BCUT2D eigenvalue weighted by atomic mass is 10.2. The third-order valence-corrected chi connectivity index (χ3v) is 5.69. The van der Waals surface area contributed by atoms with Crippen molar-refractivity contribution in [2.75, 3.05) is 7.05 Å². The molecule has 0 radical (unpaired) electrons. The van der Waals surface area contributed by atoms with Crippen LogP contribution >= 0.6 is 11.8 Å². The monoisotopic (exact) mass is 418 g/mol. The normalized spacial score (nSPS) is 11.9. The molecular weight excluding hydrogens is 396 g/mol. The summed E-state index contributed by atoms with van der Waals surface area (Å²) in [6, 6.07) is 23.4. The molecule has 0 aliphatic heterocycles. The third-order valence-electron chi connectivity index (χ3n) is 4.66. The first kappa shape index (κ1) is 20.0. The summed E-state index contributed by atoms with van der Waals surface area (Å²) in [4.78, 5) is 14.7. The highest BCUT2D eigenvalue weighted by atomic mass is 32.2. The minimum absolute atomic E-state index is 0.0333. The fourth-order valence-electron chi connectivity index (χ4n) is 3.18. The molecule has 4 aromatic rings. The zero-order valence-electron chi connectivity index (χ0n) is 16.8. The first-order valence-electron chi connectivity index (χ1n) is 9.64. The third kappa shape index (κ3) is 4.31. The van der Waals surface area contributed by atoms with E-state index in [1.165, 1.54) is 11.8 Å². The van der Waals surface area contributed by atoms with Crippen molar-refractivity contribution < 1.29 is 9.21 Å². The molecule has 2 aromatic carbocycles. The minimum Gasteiger partial charge on any atom is -0.461 e. The Morgan fingerprint density at radius 3 is 2.40 bits per heavy atom. The molecule has 0 saturated heterocycles. The molecule has 4 rings (SSSR count). The zero-order valence-corrected chi connectivity index (χ0v) is 17.6. The van der Waals surface area contributed by atoms with Crippen LogP contribution in [0.5, 0.6) is 0 Å². The minimum atomic E-state index is -0.324. The summed E-state index contributed by atoms with van der Waals surface area (Å²) in [5.41, 5.74) is 2.01. The molecule has 0 aliphatic rings. The predicted octanol–water partition coefficient (Wildman–Crippen LogP) is 4.67. The lowest BCUT2D eigenvalue weighted by Gasteiger charge is -2.21. The summed E-state index contributed by atoms with van der Waals surface area (Å²) in [6.07, 6.45) is 1.61. The van der Waals surface area contributed by atoms with Gasteiger partial charge in [0.05, 0.1) is 11.5 Å². The highest BCUT2D eigenvalue weighted by Crippen LogP contribution is 2.30. The molecule has 2 heterocycles. The Morgan fingerprint density at radius 1 is 1.03 bits per heavy atom. The van der Waals surface area contributed by atoms with Crippen LogP contribution in [0.3, 0.4) is 0 Å². The first-order valence-corrected chi connectivity index (χ1v) is 10.5. The quantitative estimate of drug-likeness (QED) is 0.408. The van der Waals surface area contributed by atoms with Crippen molar-refractivity contribution in [3.63, 3.8) is 0 Å². The molecule has 0 fully saturated rings. The van der Waals surface area contributed by atoms with Gasteiger partial charge in [-0.05, 0) is 36.8 Å². The maximum atomic E-state index is 13.0. The van der Waals surface area contributed by atoms with Crippen LogP contribution in [0.4, 0.5) is 0 Å². The van der Waals surface area contributed by atoms with Crippen molar-refractivity contribution >= 4 is 17.7 Å². The largest absolute Gasteiger partial charge is 0.461 e. The predicted molar refractivity (Wildman–Crippen MR) is 117 cm³/mol. The average Bonchev–Trinajstić information content (AvgIpc) is 3.44. The number of hydrogen-bond donors (Lipinski definition) is 0. The molecule has 6 nitrogen and oxygen atoms in total. The van der Waals surface area contributed by atoms with Gasteiger partial charge in [-0.15, -0.1) is 10.2 Å². The highest BCUT2D eigenvalue weighted by molar-refractivity contribution is 8.00. The Bertz CT molecular complexity index is 1090. The van der Waals surface area contributed by atoms with Crippen LogP contribution in [0.1, 0.15) is 12.5 Å². The summed E-state index contributed by atoms with van der Waals surface area (Å²) in [6.45, 7) is 2.46. The van der Waals surface area contributed by atoms with Crippen molar-refractivity contribution in [1.82, 2.24) is 19.7 Å². The Kier molecular flexibility index (Phi) is 5.99. The summed E-state index contributed by atoms with van der Waals surface area (Å²) in [5, 5.41) is 9.01. The molecule has 1 unspecified atom stereocenters. The Hall–Kier alpha value is -3.32. The van der Waals surface area contributed by atoms with Crippen molar-refractivity contribution in [3.8, 4) is 17.3 Å². The highest BCUT2D eigenvalue weighted by Gasteiger charge is 2.24. The van der Waals surface area contributed by atoms with Gasteiger partial charge in [0.25, 0.3) is 0 Å². The second-order valence-corrected chi connectivity index (χ2v) is 8.20. The van der Waals surface area contributed by atoms with E-state index in [2.05, 4.69) is 10.2 Å². The number of aromatic nitrogens is 3. The van der Waals surface area contributed by atoms with Gasteiger partial charge in [0.1, 0.15) is 0 Å². The van der Waals surface area contributed by atoms with Gasteiger partial charge in [-0.1, -0.05) is 60.3 Å². The van der Waals surface area contributed by atoms with Gasteiger partial charge in [0, 0.05) is 19.3 Å². The van der Waals surface area contributed by atoms with Crippen molar-refractivity contribution in [2.24, 2.45) is 0 Å². The molecule has 1 atom stereocenters. The van der Waals surface area contributed by atoms with Crippen molar-refractivity contribution in [3.05, 3.63) is 84.6 Å². The van der Waals surface area contributed by atoms with Crippen molar-refractivity contribution in [1.29, 1.82) is 0 Å². The molecule has 7 heteroatoms. The maximum Gasteiger partial charge on any atom is 0.235 e. The van der Waals surface area contributed by atoms with E-state index in [0.717, 1.165) is 11.3 Å². The number of thioether (sulfide) groups is 1. The second kappa shape index (κ2) is 9.00. The van der Waals surface area contributed by atoms with Gasteiger partial charge in [0.2, 0.25) is 11.7 Å². The Morgan fingerprint density at radius 2 is 1.73 bits per heavy atom. The number of benzene rings is 2. The number of para-hydroxylation sites is 1. The topological polar surface area (TPSA) is 64.2 Å². The molecule has 1 amide bonds. The van der Waals surface area contributed by atoms with Gasteiger partial charge in [-0.25, -0.2) is 0 Å². The van der Waals surface area contributed by atoms with Crippen molar-refractivity contribution in [2.45, 2.75) is 23.9 Å². The molecule has 152 valence electrons. The molecule has 0 spiro atoms. The van der Waals surface area contributed by atoms with E-state index in [1.807, 2.05) is 91.3 Å². The first-order chi connectivity index (χ1) is 14.6. The van der Waals surface area contributed by atoms with Crippen LogP contribution in [0.15, 0.2) is 88.6 Å².